The number of halogens is 7. The van der Waals surface area contributed by atoms with E-state index < -0.39 is 41.2 Å². The van der Waals surface area contributed by atoms with Crippen molar-refractivity contribution in [2.45, 2.75) is 25.4 Å². The molecule has 2 aromatic carbocycles. The zero-order valence-electron chi connectivity index (χ0n) is 13.6. The molecule has 0 radical (unpaired) electrons. The standard InChI is InChI=1S/C17H12ClF6NO2/c1-9(15(26)25-13-4-2-3-12(18)8-13)27-14-6-10(16(19,20)21)5-11(7-14)17(22,23)24/h2-9H,1H3,(H,25,26)/t9-/m1/s1. The highest BCUT2D eigenvalue weighted by molar-refractivity contribution is 6.30. The number of benzene rings is 2. The summed E-state index contributed by atoms with van der Waals surface area (Å²) < 4.78 is 82.1. The van der Waals surface area contributed by atoms with Crippen molar-refractivity contribution >= 4 is 23.2 Å². The maximum Gasteiger partial charge on any atom is 0.416 e. The number of ether oxygens (including phenoxy) is 1. The summed E-state index contributed by atoms with van der Waals surface area (Å²) in [6.45, 7) is 1.19. The number of rotatable bonds is 4. The quantitative estimate of drug-likeness (QED) is 0.647. The van der Waals surface area contributed by atoms with Gasteiger partial charge in [-0.15, -0.1) is 0 Å². The number of nitrogens with one attached hydrogen (secondary N) is 1. The van der Waals surface area contributed by atoms with E-state index in [9.17, 15) is 31.1 Å². The van der Waals surface area contributed by atoms with Crippen LogP contribution in [-0.4, -0.2) is 12.0 Å². The highest BCUT2D eigenvalue weighted by atomic mass is 35.5. The molecule has 146 valence electrons. The minimum Gasteiger partial charge on any atom is -0.481 e. The molecule has 0 aliphatic carbocycles. The maximum atomic E-state index is 12.8. The summed E-state index contributed by atoms with van der Waals surface area (Å²) in [6, 6.07) is 6.80. The summed E-state index contributed by atoms with van der Waals surface area (Å²) >= 11 is 5.76. The third-order valence-corrected chi connectivity index (χ3v) is 3.57. The molecule has 0 aliphatic heterocycles. The average molecular weight is 412 g/mol. The van der Waals surface area contributed by atoms with Crippen molar-refractivity contribution in [2.24, 2.45) is 0 Å². The number of amides is 1. The number of carbonyl (C=O) groups excluding carboxylic acids is 1. The Bertz CT molecular complexity index is 803. The van der Waals surface area contributed by atoms with Gasteiger partial charge in [0.25, 0.3) is 5.91 Å². The molecule has 0 aliphatic rings. The second kappa shape index (κ2) is 7.67. The summed E-state index contributed by atoms with van der Waals surface area (Å²) in [7, 11) is 0. The van der Waals surface area contributed by atoms with Crippen LogP contribution in [0.25, 0.3) is 0 Å². The molecule has 0 spiro atoms. The Labute approximate surface area is 154 Å². The van der Waals surface area contributed by atoms with Crippen molar-refractivity contribution in [3.05, 3.63) is 58.6 Å². The Balaban J connectivity index is 2.23. The lowest BCUT2D eigenvalue weighted by atomic mass is 10.1. The second-order valence-corrected chi connectivity index (χ2v) is 5.94. The fourth-order valence-corrected chi connectivity index (χ4v) is 2.25. The zero-order chi connectivity index (χ0) is 20.4. The fourth-order valence-electron chi connectivity index (χ4n) is 2.06. The number of alkyl halides is 6. The monoisotopic (exact) mass is 411 g/mol. The van der Waals surface area contributed by atoms with E-state index in [4.69, 9.17) is 16.3 Å². The average Bonchev–Trinajstić information content (AvgIpc) is 2.52. The molecule has 1 N–H and O–H groups in total. The van der Waals surface area contributed by atoms with Gasteiger partial charge < -0.3 is 10.1 Å². The van der Waals surface area contributed by atoms with E-state index in [1.54, 1.807) is 12.1 Å². The predicted octanol–water partition coefficient (Wildman–Crippen LogP) is 5.78. The van der Waals surface area contributed by atoms with Crippen LogP contribution in [0.15, 0.2) is 42.5 Å². The van der Waals surface area contributed by atoms with Crippen molar-refractivity contribution in [2.75, 3.05) is 5.32 Å². The molecule has 1 atom stereocenters. The Morgan fingerprint density at radius 3 is 2.04 bits per heavy atom. The van der Waals surface area contributed by atoms with Gasteiger partial charge in [0.05, 0.1) is 11.1 Å². The molecule has 2 rings (SSSR count). The summed E-state index contributed by atoms with van der Waals surface area (Å²) in [5.74, 6) is -1.51. The minimum absolute atomic E-state index is 0.0242. The molecule has 0 fully saturated rings. The van der Waals surface area contributed by atoms with Crippen LogP contribution in [0.5, 0.6) is 5.75 Å². The molecule has 0 saturated carbocycles. The molecule has 27 heavy (non-hydrogen) atoms. The van der Waals surface area contributed by atoms with E-state index in [1.165, 1.54) is 19.1 Å². The van der Waals surface area contributed by atoms with Crippen LogP contribution in [0.2, 0.25) is 5.02 Å². The largest absolute Gasteiger partial charge is 0.481 e. The highest BCUT2D eigenvalue weighted by Gasteiger charge is 2.37. The fraction of sp³-hybridized carbons (Fsp3) is 0.235. The SMILES string of the molecule is C[C@@H](Oc1cc(C(F)(F)F)cc(C(F)(F)F)c1)C(=O)Nc1cccc(Cl)c1. The third kappa shape index (κ3) is 5.78. The van der Waals surface area contributed by atoms with Gasteiger partial charge in [-0.05, 0) is 43.3 Å². The normalized spacial score (nSPS) is 13.2. The third-order valence-electron chi connectivity index (χ3n) is 3.34. The van der Waals surface area contributed by atoms with Gasteiger partial charge in [-0.1, -0.05) is 17.7 Å². The molecule has 0 heterocycles. The second-order valence-electron chi connectivity index (χ2n) is 5.50. The Morgan fingerprint density at radius 1 is 1.00 bits per heavy atom. The molecule has 1 amide bonds. The zero-order valence-corrected chi connectivity index (χ0v) is 14.3. The topological polar surface area (TPSA) is 38.3 Å². The van der Waals surface area contributed by atoms with E-state index in [2.05, 4.69) is 5.32 Å². The van der Waals surface area contributed by atoms with Crippen molar-refractivity contribution in [1.82, 2.24) is 0 Å². The van der Waals surface area contributed by atoms with Crippen molar-refractivity contribution in [3.8, 4) is 5.75 Å². The lowest BCUT2D eigenvalue weighted by Crippen LogP contribution is -2.30. The molecular weight excluding hydrogens is 400 g/mol. The van der Waals surface area contributed by atoms with Gasteiger partial charge in [0.15, 0.2) is 6.10 Å². The molecular formula is C17H12ClF6NO2. The van der Waals surface area contributed by atoms with Gasteiger partial charge >= 0.3 is 12.4 Å². The molecule has 0 bridgehead atoms. The van der Waals surface area contributed by atoms with Crippen molar-refractivity contribution < 1.29 is 35.9 Å². The van der Waals surface area contributed by atoms with E-state index in [0.29, 0.717) is 22.8 Å². The minimum atomic E-state index is -5.01. The Kier molecular flexibility index (Phi) is 5.94. The molecule has 0 saturated heterocycles. The smallest absolute Gasteiger partial charge is 0.416 e. The van der Waals surface area contributed by atoms with Crippen molar-refractivity contribution in [1.29, 1.82) is 0 Å². The first-order chi connectivity index (χ1) is 12.4. The molecule has 3 nitrogen and oxygen atoms in total. The summed E-state index contributed by atoms with van der Waals surface area (Å²) in [4.78, 5) is 12.1. The number of hydrogen-bond donors (Lipinski definition) is 1. The van der Waals surface area contributed by atoms with Crippen LogP contribution < -0.4 is 10.1 Å². The molecule has 10 heteroatoms. The van der Waals surface area contributed by atoms with Crippen LogP contribution in [0.1, 0.15) is 18.1 Å². The highest BCUT2D eigenvalue weighted by Crippen LogP contribution is 2.38. The Morgan fingerprint density at radius 2 is 1.56 bits per heavy atom. The van der Waals surface area contributed by atoms with Crippen LogP contribution in [0.3, 0.4) is 0 Å². The summed E-state index contributed by atoms with van der Waals surface area (Å²) in [5.41, 5.74) is -2.77. The van der Waals surface area contributed by atoms with E-state index >= 15 is 0 Å². The van der Waals surface area contributed by atoms with E-state index in [0.717, 1.165) is 0 Å². The van der Waals surface area contributed by atoms with Gasteiger partial charge in [0, 0.05) is 10.7 Å². The Hall–Kier alpha value is -2.42. The van der Waals surface area contributed by atoms with Gasteiger partial charge in [-0.2, -0.15) is 26.3 Å². The van der Waals surface area contributed by atoms with Crippen LogP contribution in [0.4, 0.5) is 32.0 Å². The van der Waals surface area contributed by atoms with Gasteiger partial charge in [0.1, 0.15) is 5.75 Å². The summed E-state index contributed by atoms with van der Waals surface area (Å²) in [5, 5.41) is 2.73. The van der Waals surface area contributed by atoms with Crippen LogP contribution in [-0.2, 0) is 17.1 Å². The van der Waals surface area contributed by atoms with E-state index in [1.807, 2.05) is 0 Å². The van der Waals surface area contributed by atoms with Crippen molar-refractivity contribution in [3.63, 3.8) is 0 Å². The first-order valence-electron chi connectivity index (χ1n) is 7.39. The first-order valence-corrected chi connectivity index (χ1v) is 7.76. The molecule has 0 unspecified atom stereocenters. The van der Waals surface area contributed by atoms with E-state index in [-0.39, 0.29) is 6.07 Å². The van der Waals surface area contributed by atoms with Gasteiger partial charge in [-0.3, -0.25) is 4.79 Å². The predicted molar refractivity (Wildman–Crippen MR) is 86.6 cm³/mol. The number of carbonyl (C=O) groups is 1. The first kappa shape index (κ1) is 20.9. The molecule has 2 aromatic rings. The van der Waals surface area contributed by atoms with Crippen LogP contribution in [0, 0.1) is 0 Å². The lowest BCUT2D eigenvalue weighted by Gasteiger charge is -2.18. The summed E-state index contributed by atoms with van der Waals surface area (Å²) in [6.07, 6.45) is -11.4. The number of anilines is 1. The van der Waals surface area contributed by atoms with Crippen LogP contribution >= 0.6 is 11.6 Å². The van der Waals surface area contributed by atoms with Gasteiger partial charge in [0.2, 0.25) is 0 Å². The maximum absolute atomic E-state index is 12.8. The van der Waals surface area contributed by atoms with Gasteiger partial charge in [-0.25, -0.2) is 0 Å². The number of hydrogen-bond acceptors (Lipinski definition) is 2. The molecule has 0 aromatic heterocycles. The lowest BCUT2D eigenvalue weighted by molar-refractivity contribution is -0.143.